The van der Waals surface area contributed by atoms with Gasteiger partial charge in [0.2, 0.25) is 17.5 Å². The van der Waals surface area contributed by atoms with Crippen molar-refractivity contribution in [2.45, 2.75) is 64.0 Å². The summed E-state index contributed by atoms with van der Waals surface area (Å²) in [4.78, 5) is 79.6. The average molecular weight is 849 g/mol. The molecule has 1 spiro atoms. The van der Waals surface area contributed by atoms with Crippen LogP contribution in [0.4, 0.5) is 27.1 Å². The molecule has 5 amide bonds. The Labute approximate surface area is 360 Å². The minimum atomic E-state index is -1.10. The van der Waals surface area contributed by atoms with Crippen LogP contribution < -0.4 is 20.0 Å². The van der Waals surface area contributed by atoms with Crippen molar-refractivity contribution < 1.29 is 28.4 Å². The Hall–Kier alpha value is -5.52. The van der Waals surface area contributed by atoms with E-state index in [9.17, 15) is 24.0 Å². The molecule has 6 heterocycles. The maximum absolute atomic E-state index is 15.5. The first-order valence-electron chi connectivity index (χ1n) is 21.5. The number of anilines is 3. The SMILES string of the molecule is [C-]#[N+]c1ccc(N2CC3(CCN(c4ccc(C(=O)N5CCC(CN6CCN(c7cc8c(cc7F)C(=O)N(C7CCC(=O)NC7=O)C8=O)CC6)CC5)cc4)CC3)C[C@@H]2C)cc1Cl. The Bertz CT molecular complexity index is 2310. The zero-order valence-electron chi connectivity index (χ0n) is 34.4. The van der Waals surface area contributed by atoms with Gasteiger partial charge in [0.1, 0.15) is 11.9 Å². The van der Waals surface area contributed by atoms with E-state index in [1.165, 1.54) is 6.07 Å². The van der Waals surface area contributed by atoms with E-state index in [-0.39, 0.29) is 41.0 Å². The van der Waals surface area contributed by atoms with E-state index in [2.05, 4.69) is 43.9 Å². The number of piperazine rings is 1. The van der Waals surface area contributed by atoms with Gasteiger partial charge < -0.3 is 19.6 Å². The number of likely N-dealkylation sites (tertiary alicyclic amines) is 1. The Kier molecular flexibility index (Phi) is 11.0. The van der Waals surface area contributed by atoms with Crippen molar-refractivity contribution in [1.82, 2.24) is 20.0 Å². The Morgan fingerprint density at radius 3 is 2.18 bits per heavy atom. The van der Waals surface area contributed by atoms with Crippen molar-refractivity contribution >= 4 is 63.9 Å². The van der Waals surface area contributed by atoms with Gasteiger partial charge in [-0.25, -0.2) is 9.24 Å². The quantitative estimate of drug-likeness (QED) is 0.226. The topological polar surface area (TPSA) is 121 Å². The van der Waals surface area contributed by atoms with Gasteiger partial charge >= 0.3 is 0 Å². The fourth-order valence-corrected chi connectivity index (χ4v) is 10.8. The highest BCUT2D eigenvalue weighted by molar-refractivity contribution is 6.33. The molecule has 13 nitrogen and oxygen atoms in total. The summed E-state index contributed by atoms with van der Waals surface area (Å²) in [5.41, 5.74) is 3.94. The van der Waals surface area contributed by atoms with Gasteiger partial charge in [0.15, 0.2) is 0 Å². The van der Waals surface area contributed by atoms with Gasteiger partial charge in [0.25, 0.3) is 17.7 Å². The maximum atomic E-state index is 15.5. The number of rotatable bonds is 7. The van der Waals surface area contributed by atoms with Crippen molar-refractivity contribution in [3.8, 4) is 0 Å². The van der Waals surface area contributed by atoms with Gasteiger partial charge in [-0.15, -0.1) is 0 Å². The number of nitrogens with zero attached hydrogens (tertiary/aromatic N) is 7. The molecule has 2 atom stereocenters. The van der Waals surface area contributed by atoms with Crippen molar-refractivity contribution in [2.75, 3.05) is 80.1 Å². The molecule has 5 fully saturated rings. The van der Waals surface area contributed by atoms with E-state index in [4.69, 9.17) is 18.2 Å². The van der Waals surface area contributed by atoms with Crippen molar-refractivity contribution in [2.24, 2.45) is 11.3 Å². The molecule has 0 saturated carbocycles. The number of imide groups is 2. The van der Waals surface area contributed by atoms with E-state index in [0.717, 1.165) is 80.6 Å². The lowest BCUT2D eigenvalue weighted by atomic mass is 9.76. The number of fused-ring (bicyclic) bond motifs is 1. The molecule has 1 N–H and O–H groups in total. The number of hydrogen-bond acceptors (Lipinski definition) is 9. The number of carbonyl (C=O) groups excluding carboxylic acids is 5. The highest BCUT2D eigenvalue weighted by atomic mass is 35.5. The minimum Gasteiger partial charge on any atom is -0.371 e. The molecule has 1 unspecified atom stereocenters. The van der Waals surface area contributed by atoms with Gasteiger partial charge in [-0.3, -0.25) is 39.1 Å². The first-order valence-corrected chi connectivity index (χ1v) is 21.9. The summed E-state index contributed by atoms with van der Waals surface area (Å²) in [6, 6.07) is 15.7. The number of halogens is 2. The second kappa shape index (κ2) is 16.4. The second-order valence-corrected chi connectivity index (χ2v) is 18.2. The number of piperidine rings is 3. The molecule has 61 heavy (non-hydrogen) atoms. The normalized spacial score (nSPS) is 23.5. The zero-order valence-corrected chi connectivity index (χ0v) is 35.1. The van der Waals surface area contributed by atoms with E-state index in [1.54, 1.807) is 0 Å². The first kappa shape index (κ1) is 40.9. The van der Waals surface area contributed by atoms with Gasteiger partial charge in [0, 0.05) is 99.9 Å². The van der Waals surface area contributed by atoms with Crippen LogP contribution in [0.3, 0.4) is 0 Å². The molecule has 15 heteroatoms. The summed E-state index contributed by atoms with van der Waals surface area (Å²) in [7, 11) is 0. The predicted molar refractivity (Wildman–Crippen MR) is 230 cm³/mol. The first-order chi connectivity index (χ1) is 29.4. The molecular formula is C46H50ClFN8O5. The van der Waals surface area contributed by atoms with Crippen molar-refractivity contribution in [3.05, 3.63) is 93.5 Å². The Morgan fingerprint density at radius 1 is 0.852 bits per heavy atom. The molecule has 3 aromatic rings. The van der Waals surface area contributed by atoms with Crippen LogP contribution in [0, 0.1) is 23.7 Å². The molecule has 0 aliphatic carbocycles. The van der Waals surface area contributed by atoms with Gasteiger partial charge in [0.05, 0.1) is 23.4 Å². The third-order valence-corrected chi connectivity index (χ3v) is 14.4. The molecule has 6 aliphatic heterocycles. The lowest BCUT2D eigenvalue weighted by molar-refractivity contribution is -0.136. The van der Waals surface area contributed by atoms with Gasteiger partial charge in [-0.1, -0.05) is 17.7 Å². The smallest absolute Gasteiger partial charge is 0.262 e. The molecule has 0 bridgehead atoms. The number of nitrogens with one attached hydrogen (secondary N) is 1. The summed E-state index contributed by atoms with van der Waals surface area (Å²) in [5, 5.41) is 2.69. The number of hydrogen-bond donors (Lipinski definition) is 1. The highest BCUT2D eigenvalue weighted by Crippen LogP contribution is 2.46. The summed E-state index contributed by atoms with van der Waals surface area (Å²) in [6.07, 6.45) is 5.21. The van der Waals surface area contributed by atoms with Crippen LogP contribution in [-0.2, 0) is 9.59 Å². The second-order valence-electron chi connectivity index (χ2n) is 17.8. The predicted octanol–water partition coefficient (Wildman–Crippen LogP) is 5.99. The summed E-state index contributed by atoms with van der Waals surface area (Å²) < 4.78 is 15.5. The fraction of sp³-hybridized carbons (Fsp3) is 0.478. The molecule has 9 rings (SSSR count). The molecule has 6 aliphatic rings. The van der Waals surface area contributed by atoms with Crippen LogP contribution in [0.2, 0.25) is 5.02 Å². The van der Waals surface area contributed by atoms with Crippen molar-refractivity contribution in [3.63, 3.8) is 0 Å². The summed E-state index contributed by atoms with van der Waals surface area (Å²) in [6.45, 7) is 17.3. The van der Waals surface area contributed by atoms with Gasteiger partial charge in [-0.05, 0) is 105 Å². The maximum Gasteiger partial charge on any atom is 0.262 e. The zero-order chi connectivity index (χ0) is 42.6. The number of benzene rings is 3. The average Bonchev–Trinajstić information content (AvgIpc) is 3.71. The standard InChI is InChI=1S/C46H50ClFN8O5/c1-29-26-46(28-55(29)33-7-8-38(49-2)36(47)23-33)13-17-52(18-14-46)32-5-3-31(4-6-32)43(59)54-15-11-30(12-16-54)27-51-19-21-53(22-20-51)40-25-35-34(24-37(40)48)44(60)56(45(35)61)39-9-10-41(57)50-42(39)58/h3-8,23-25,29-30,39H,9-22,26-28H2,1H3,(H,50,57,58)/t29-,39?/m0/s1. The molecule has 0 radical (unpaired) electrons. The molecular weight excluding hydrogens is 799 g/mol. The van der Waals surface area contributed by atoms with Crippen LogP contribution in [-0.4, -0.2) is 122 Å². The van der Waals surface area contributed by atoms with E-state index in [0.29, 0.717) is 67.5 Å². The summed E-state index contributed by atoms with van der Waals surface area (Å²) >= 11 is 6.39. The molecule has 0 aromatic heterocycles. The lowest BCUT2D eigenvalue weighted by Crippen LogP contribution is -2.54. The highest BCUT2D eigenvalue weighted by Gasteiger charge is 2.46. The third kappa shape index (κ3) is 7.82. The molecule has 318 valence electrons. The van der Waals surface area contributed by atoms with E-state index < -0.39 is 35.5 Å². The van der Waals surface area contributed by atoms with Crippen LogP contribution in [0.15, 0.2) is 54.6 Å². The van der Waals surface area contributed by atoms with Crippen molar-refractivity contribution in [1.29, 1.82) is 0 Å². The van der Waals surface area contributed by atoms with Crippen LogP contribution in [0.5, 0.6) is 0 Å². The Balaban J connectivity index is 0.725. The number of amides is 5. The largest absolute Gasteiger partial charge is 0.371 e. The summed E-state index contributed by atoms with van der Waals surface area (Å²) in [5.74, 6) is -2.61. The fourth-order valence-electron chi connectivity index (χ4n) is 10.6. The monoisotopic (exact) mass is 848 g/mol. The molecule has 3 aromatic carbocycles. The third-order valence-electron chi connectivity index (χ3n) is 14.1. The van der Waals surface area contributed by atoms with E-state index >= 15 is 4.39 Å². The van der Waals surface area contributed by atoms with Crippen LogP contribution >= 0.6 is 11.6 Å². The van der Waals surface area contributed by atoms with E-state index in [1.807, 2.05) is 40.1 Å². The Morgan fingerprint density at radius 2 is 1.52 bits per heavy atom. The molecule has 5 saturated heterocycles. The lowest BCUT2D eigenvalue weighted by Gasteiger charge is -2.40. The number of carbonyl (C=O) groups is 5. The van der Waals surface area contributed by atoms with Gasteiger partial charge in [-0.2, -0.15) is 0 Å². The van der Waals surface area contributed by atoms with Crippen LogP contribution in [0.1, 0.15) is 82.9 Å². The minimum absolute atomic E-state index is 0.0164. The van der Waals surface area contributed by atoms with Crippen LogP contribution in [0.25, 0.3) is 4.85 Å².